The maximum Gasteiger partial charge on any atom is 1.00 e. The summed E-state index contributed by atoms with van der Waals surface area (Å²) in [7, 11) is 0. The van der Waals surface area contributed by atoms with Gasteiger partial charge in [0.1, 0.15) is 90.7 Å². The minimum Gasteiger partial charge on any atom is -0.850 e. The second kappa shape index (κ2) is 46.9. The van der Waals surface area contributed by atoms with E-state index in [-0.39, 0.29) is 94.0 Å². The van der Waals surface area contributed by atoms with Crippen LogP contribution in [0.2, 0.25) is 0 Å². The van der Waals surface area contributed by atoms with Gasteiger partial charge in [-0.15, -0.1) is 5.60 Å². The Labute approximate surface area is 788 Å². The summed E-state index contributed by atoms with van der Waals surface area (Å²) in [4.78, 5) is 92.5. The molecule has 0 aliphatic carbocycles. The summed E-state index contributed by atoms with van der Waals surface area (Å²) >= 11 is 0. The van der Waals surface area contributed by atoms with Gasteiger partial charge in [0, 0.05) is 79.3 Å². The molecule has 10 aromatic carbocycles. The van der Waals surface area contributed by atoms with Crippen molar-refractivity contribution in [2.24, 2.45) is 0 Å². The molecule has 1 fully saturated rings. The predicted molar refractivity (Wildman–Crippen MR) is 496 cm³/mol. The third kappa shape index (κ3) is 26.1. The summed E-state index contributed by atoms with van der Waals surface area (Å²) < 4.78 is 43.4. The van der Waals surface area contributed by atoms with E-state index in [0.29, 0.717) is 93.1 Å². The quantitative estimate of drug-likeness (QED) is 0.0432. The van der Waals surface area contributed by atoms with Crippen molar-refractivity contribution in [2.75, 3.05) is 62.3 Å². The fourth-order valence-electron chi connectivity index (χ4n) is 14.7. The average Bonchev–Trinajstić information content (AvgIpc) is 1.58. The fraction of sp³-hybridized carbons (Fsp3) is 0.214. The number of hydrogen-bond acceptors (Lipinski definition) is 18. The van der Waals surface area contributed by atoms with Crippen molar-refractivity contribution < 1.29 is 91.8 Å². The Morgan fingerprint density at radius 3 is 1.20 bits per heavy atom. The first-order valence-electron chi connectivity index (χ1n) is 42.3. The Balaban J connectivity index is 0.000000159. The number of ketones is 1. The monoisotopic (exact) mass is 1770 g/mol. The topological polar surface area (TPSA) is 294 Å². The molecular formula is C103H96N15NaO13. The minimum atomic E-state index is -0.750. The van der Waals surface area contributed by atoms with E-state index >= 15 is 0 Å². The average molecular weight is 1770 g/mol. The summed E-state index contributed by atoms with van der Waals surface area (Å²) in [6, 6.07) is 88.9. The van der Waals surface area contributed by atoms with Crippen molar-refractivity contribution in [1.29, 1.82) is 0 Å². The number of nitrogen functional groups attached to an aromatic ring is 2. The van der Waals surface area contributed by atoms with Crippen LogP contribution in [0.3, 0.4) is 0 Å². The molecule has 4 amide bonds. The van der Waals surface area contributed by atoms with Crippen molar-refractivity contribution in [1.82, 2.24) is 38.7 Å². The number of rotatable bonds is 19. The van der Waals surface area contributed by atoms with E-state index in [2.05, 4.69) is 33.9 Å². The van der Waals surface area contributed by atoms with Crippen molar-refractivity contribution in [3.8, 4) is 45.9 Å². The standard InChI is InChI=1S/C29H25N5O3.2C28H24N4O3.C14H14N2O3.C4H9O.Na/c30-28-27-26(31-19-32-28)24-17-33(29(35)36-18-20-7-3-1-4-8-20)16-15-25(24)34(27)21-11-13-23(14-12-21)37-22-9-5-2-6-10-22;1-30-27-26(29)24-18-31(28(33)34-19-20-8-4-2-5-9-20)17-16-25(24)32(27)21-12-14-23(15-13-21)35-22-10-6-3-7-11-22;1-29-21-32(23-13-15-25(16-14-23)35-24-11-7-4-8-12-24)27-17-18-31(19-26(27)30-2)28(33)34-20-22-9-5-3-6-10-22;1-15-12-9-16(8-7-13(12)17)14(18)19-10-11-5-3-2-4-6-11;1-4(2,3)5;/h1-14,19H,15-18H2,(H2,30,31,32);2-15H,16-19,29H2;3-16H,17-21H2;2-6,12H,7-10H2;1-3H3;/q;;;;-1;+1. The minimum absolute atomic E-state index is 0. The third-order valence-corrected chi connectivity index (χ3v) is 21.1. The molecule has 1 saturated heterocycles. The van der Waals surface area contributed by atoms with E-state index in [1.807, 2.05) is 295 Å². The largest absolute Gasteiger partial charge is 1.00 e. The van der Waals surface area contributed by atoms with Gasteiger partial charge in [-0.05, 0) is 138 Å². The van der Waals surface area contributed by atoms with Crippen molar-refractivity contribution >= 4 is 64.2 Å². The summed E-state index contributed by atoms with van der Waals surface area (Å²) in [6.07, 6.45) is 1.69. The van der Waals surface area contributed by atoms with Crippen LogP contribution in [0.1, 0.15) is 78.4 Å². The molecule has 0 bridgehead atoms. The maximum atomic E-state index is 12.9. The van der Waals surface area contributed by atoms with E-state index in [0.717, 1.165) is 102 Å². The van der Waals surface area contributed by atoms with Gasteiger partial charge in [0.15, 0.2) is 5.82 Å². The number of Topliss-reactive ketones (excluding diaryl/α,β-unsaturated/α-hetero) is 1. The first-order valence-corrected chi connectivity index (χ1v) is 42.3. The molecule has 4 aliphatic rings. The molecule has 0 saturated carbocycles. The van der Waals surface area contributed by atoms with E-state index in [4.69, 9.17) is 70.9 Å². The molecule has 29 heteroatoms. The second-order valence-corrected chi connectivity index (χ2v) is 31.4. The first-order chi connectivity index (χ1) is 63.7. The van der Waals surface area contributed by atoms with E-state index in [1.54, 1.807) is 30.6 Å². The Bertz CT molecular complexity index is 6260. The molecule has 132 heavy (non-hydrogen) atoms. The van der Waals surface area contributed by atoms with Crippen molar-refractivity contribution in [3.63, 3.8) is 0 Å². The van der Waals surface area contributed by atoms with Crippen LogP contribution in [0.15, 0.2) is 303 Å². The number of nitrogens with zero attached hydrogens (tertiary/aromatic N) is 13. The number of carbonyl (C=O) groups is 5. The molecule has 3 aromatic heterocycles. The van der Waals surface area contributed by atoms with Crippen molar-refractivity contribution in [2.45, 2.75) is 97.6 Å². The number of likely N-dealkylation sites (tertiary alicyclic amines) is 1. The number of benzene rings is 10. The van der Waals surface area contributed by atoms with E-state index in [1.165, 1.54) is 16.1 Å². The Morgan fingerprint density at radius 1 is 0.447 bits per heavy atom. The predicted octanol–water partition coefficient (Wildman–Crippen LogP) is 17.0. The van der Waals surface area contributed by atoms with Gasteiger partial charge < -0.3 is 78.7 Å². The van der Waals surface area contributed by atoms with Gasteiger partial charge in [0.25, 0.3) is 18.5 Å². The summed E-state index contributed by atoms with van der Waals surface area (Å²) in [5.41, 5.74) is 25.0. The third-order valence-electron chi connectivity index (χ3n) is 21.1. The SMILES string of the molecule is CC(C)(C)[O-].Nc1ncnc2c3c(n(-c4ccc(Oc5ccccc5)cc4)c12)CCN(C(=O)OCc1ccccc1)C3.[C-]#[N+]C1CN(C(=O)OCc2ccccc2)CCC1=O.[C-]#[N+]CN(C1=C([N+]#[C-])CN(C(=O)OCc2ccccc2)CC1)c1ccc(Oc2ccccc2)cc1.[C-]#[N+]c1c(N)c2c(n1-c1ccc(Oc3ccccc3)cc1)CCN(C(=O)OCc1ccccc1)C2.[Na+]. The van der Waals surface area contributed by atoms with Gasteiger partial charge >= 0.3 is 53.9 Å². The number of carbonyl (C=O) groups excluding carboxylic acids is 5. The van der Waals surface area contributed by atoms with Crippen LogP contribution in [-0.4, -0.2) is 126 Å². The van der Waals surface area contributed by atoms with Crippen LogP contribution < -0.4 is 65.2 Å². The zero-order valence-electron chi connectivity index (χ0n) is 73.6. The summed E-state index contributed by atoms with van der Waals surface area (Å²) in [6.45, 7) is 38.3. The molecule has 662 valence electrons. The Kier molecular flexibility index (Phi) is 33.9. The zero-order valence-corrected chi connectivity index (χ0v) is 75.6. The Morgan fingerprint density at radius 2 is 0.803 bits per heavy atom. The number of amides is 4. The molecule has 1 atom stereocenters. The van der Waals surface area contributed by atoms with Gasteiger partial charge in [0.2, 0.25) is 11.5 Å². The summed E-state index contributed by atoms with van der Waals surface area (Å²) in [5, 5.41) is 10.1. The van der Waals surface area contributed by atoms with Crippen LogP contribution in [0, 0.1) is 26.3 Å². The molecule has 1 unspecified atom stereocenters. The van der Waals surface area contributed by atoms with Crippen LogP contribution in [0.4, 0.5) is 42.2 Å². The summed E-state index contributed by atoms with van der Waals surface area (Å²) in [5.74, 6) is 5.03. The van der Waals surface area contributed by atoms with Crippen molar-refractivity contribution in [3.05, 3.63) is 393 Å². The normalized spacial score (nSPS) is 13.5. The molecule has 13 aromatic rings. The number of aromatic nitrogens is 4. The van der Waals surface area contributed by atoms with Crippen LogP contribution in [0.5, 0.6) is 34.5 Å². The van der Waals surface area contributed by atoms with E-state index in [9.17, 15) is 29.1 Å². The smallest absolute Gasteiger partial charge is 0.850 e. The maximum absolute atomic E-state index is 12.9. The number of ether oxygens (including phenoxy) is 7. The number of fused-ring (bicyclic) bond motifs is 4. The molecule has 4 aliphatic heterocycles. The van der Waals surface area contributed by atoms with Crippen LogP contribution in [0.25, 0.3) is 41.8 Å². The van der Waals surface area contributed by atoms with Gasteiger partial charge in [-0.2, -0.15) is 0 Å². The number of piperidine rings is 1. The fourth-order valence-corrected chi connectivity index (χ4v) is 14.7. The number of para-hydroxylation sites is 3. The molecule has 7 heterocycles. The zero-order chi connectivity index (χ0) is 92.0. The molecule has 28 nitrogen and oxygen atoms in total. The Hall–Kier alpha value is -15.7. The van der Waals surface area contributed by atoms with Gasteiger partial charge in [-0.3, -0.25) is 24.0 Å². The molecular weight excluding hydrogens is 1680 g/mol. The van der Waals surface area contributed by atoms with Gasteiger partial charge in [0.05, 0.1) is 37.4 Å². The van der Waals surface area contributed by atoms with Crippen LogP contribution >= 0.6 is 0 Å². The molecule has 4 N–H and O–H groups in total. The van der Waals surface area contributed by atoms with E-state index < -0.39 is 29.9 Å². The number of nitrogens with two attached hydrogens (primary N) is 2. The molecule has 0 radical (unpaired) electrons. The number of anilines is 3. The number of hydrogen-bond donors (Lipinski definition) is 2. The first kappa shape index (κ1) is 95.4. The second-order valence-electron chi connectivity index (χ2n) is 31.4. The molecule has 0 spiro atoms. The van der Waals surface area contributed by atoms with Crippen LogP contribution in [-0.2, 0) is 76.1 Å². The molecule has 17 rings (SSSR count). The van der Waals surface area contributed by atoms with Gasteiger partial charge in [-0.1, -0.05) is 203 Å². The van der Waals surface area contributed by atoms with Gasteiger partial charge in [-0.25, -0.2) is 47.1 Å².